The maximum Gasteiger partial charge on any atom is 0.341 e. The quantitative estimate of drug-likeness (QED) is 0.756. The second kappa shape index (κ2) is 6.00. The first-order valence-corrected chi connectivity index (χ1v) is 6.09. The highest BCUT2D eigenvalue weighted by Crippen LogP contribution is 2.13. The first-order valence-electron chi connectivity index (χ1n) is 6.09. The Balaban J connectivity index is 2.50. The Hall–Kier alpha value is -1.36. The number of esters is 1. The fraction of sp³-hybridized carbons (Fsp3) is 0.692. The maximum absolute atomic E-state index is 11.7. The average molecular weight is 254 g/mol. The van der Waals surface area contributed by atoms with Gasteiger partial charge in [0.25, 0.3) is 0 Å². The number of carbonyl (C=O) groups is 1. The van der Waals surface area contributed by atoms with E-state index in [0.717, 1.165) is 0 Å². The number of ether oxygens (including phenoxy) is 2. The first-order chi connectivity index (χ1) is 8.34. The van der Waals surface area contributed by atoms with E-state index in [2.05, 4.69) is 5.10 Å². The lowest BCUT2D eigenvalue weighted by molar-refractivity contribution is 0.0390. The molecule has 1 rings (SSSR count). The standard InChI is InChI=1S/C13H22N2O3/c1-10(17-5)6-7-18-12(16)11-8-14-15(9-11)13(2,3)4/h8-10H,6-7H2,1-5H3/t10-/m1/s1. The van der Waals surface area contributed by atoms with Crippen LogP contribution in [0.25, 0.3) is 0 Å². The van der Waals surface area contributed by atoms with Crippen LogP contribution in [0.5, 0.6) is 0 Å². The van der Waals surface area contributed by atoms with E-state index >= 15 is 0 Å². The van der Waals surface area contributed by atoms with Gasteiger partial charge in [0.1, 0.15) is 0 Å². The van der Waals surface area contributed by atoms with Gasteiger partial charge in [-0.2, -0.15) is 5.10 Å². The zero-order valence-corrected chi connectivity index (χ0v) is 11.8. The highest BCUT2D eigenvalue weighted by molar-refractivity contribution is 5.88. The van der Waals surface area contributed by atoms with Crippen LogP contribution >= 0.6 is 0 Å². The van der Waals surface area contributed by atoms with Crippen LogP contribution in [-0.4, -0.2) is 35.6 Å². The molecule has 0 bridgehead atoms. The first kappa shape index (κ1) is 14.7. The molecule has 0 saturated carbocycles. The zero-order chi connectivity index (χ0) is 13.8. The van der Waals surface area contributed by atoms with E-state index in [0.29, 0.717) is 18.6 Å². The molecule has 0 radical (unpaired) electrons. The maximum atomic E-state index is 11.7. The summed E-state index contributed by atoms with van der Waals surface area (Å²) in [6.45, 7) is 8.36. The minimum atomic E-state index is -0.339. The van der Waals surface area contributed by atoms with Gasteiger partial charge < -0.3 is 9.47 Å². The van der Waals surface area contributed by atoms with Crippen molar-refractivity contribution in [3.63, 3.8) is 0 Å². The fourth-order valence-corrected chi connectivity index (χ4v) is 1.31. The summed E-state index contributed by atoms with van der Waals surface area (Å²) in [6, 6.07) is 0. The summed E-state index contributed by atoms with van der Waals surface area (Å²) in [5.74, 6) is -0.339. The number of methoxy groups -OCH3 is 1. The smallest absolute Gasteiger partial charge is 0.341 e. The lowest BCUT2D eigenvalue weighted by atomic mass is 10.1. The van der Waals surface area contributed by atoms with Crippen molar-refractivity contribution < 1.29 is 14.3 Å². The van der Waals surface area contributed by atoms with Crippen LogP contribution in [0.3, 0.4) is 0 Å². The predicted octanol–water partition coefficient (Wildman–Crippen LogP) is 2.22. The summed E-state index contributed by atoms with van der Waals surface area (Å²) in [5.41, 5.74) is 0.346. The normalized spacial score (nSPS) is 13.4. The Morgan fingerprint density at radius 3 is 2.67 bits per heavy atom. The van der Waals surface area contributed by atoms with E-state index < -0.39 is 0 Å². The summed E-state index contributed by atoms with van der Waals surface area (Å²) in [4.78, 5) is 11.7. The van der Waals surface area contributed by atoms with Crippen molar-refractivity contribution in [2.45, 2.75) is 45.8 Å². The van der Waals surface area contributed by atoms with Crippen LogP contribution in [0, 0.1) is 0 Å². The molecule has 0 fully saturated rings. The molecular formula is C13H22N2O3. The number of hydrogen-bond acceptors (Lipinski definition) is 4. The molecule has 0 amide bonds. The van der Waals surface area contributed by atoms with Crippen molar-refractivity contribution >= 4 is 5.97 Å². The van der Waals surface area contributed by atoms with E-state index in [4.69, 9.17) is 9.47 Å². The molecule has 102 valence electrons. The minimum absolute atomic E-state index is 0.0927. The second-order valence-electron chi connectivity index (χ2n) is 5.32. The van der Waals surface area contributed by atoms with Crippen LogP contribution in [-0.2, 0) is 15.0 Å². The van der Waals surface area contributed by atoms with E-state index in [-0.39, 0.29) is 17.6 Å². The summed E-state index contributed by atoms with van der Waals surface area (Å²) in [7, 11) is 1.64. The molecule has 18 heavy (non-hydrogen) atoms. The SMILES string of the molecule is CO[C@H](C)CCOC(=O)c1cnn(C(C)(C)C)c1. The monoisotopic (exact) mass is 254 g/mol. The molecule has 0 unspecified atom stereocenters. The molecule has 0 aliphatic rings. The number of rotatable bonds is 5. The Morgan fingerprint density at radius 1 is 1.50 bits per heavy atom. The van der Waals surface area contributed by atoms with E-state index in [1.807, 2.05) is 27.7 Å². The molecular weight excluding hydrogens is 232 g/mol. The molecule has 5 nitrogen and oxygen atoms in total. The van der Waals surface area contributed by atoms with Gasteiger partial charge in [0, 0.05) is 19.7 Å². The molecule has 1 aromatic rings. The summed E-state index contributed by atoms with van der Waals surface area (Å²) in [5, 5.41) is 4.16. The average Bonchev–Trinajstić information content (AvgIpc) is 2.77. The molecule has 0 saturated heterocycles. The van der Waals surface area contributed by atoms with Crippen molar-refractivity contribution in [2.75, 3.05) is 13.7 Å². The molecule has 0 aromatic carbocycles. The topological polar surface area (TPSA) is 53.4 Å². The number of nitrogens with zero attached hydrogens (tertiary/aromatic N) is 2. The lowest BCUT2D eigenvalue weighted by Crippen LogP contribution is -2.22. The molecule has 0 N–H and O–H groups in total. The van der Waals surface area contributed by atoms with Crippen molar-refractivity contribution in [1.82, 2.24) is 9.78 Å². The minimum Gasteiger partial charge on any atom is -0.462 e. The Labute approximate surface area is 108 Å². The van der Waals surface area contributed by atoms with Gasteiger partial charge >= 0.3 is 5.97 Å². The molecule has 5 heteroatoms. The zero-order valence-electron chi connectivity index (χ0n) is 11.8. The van der Waals surface area contributed by atoms with Crippen LogP contribution in [0.2, 0.25) is 0 Å². The molecule has 1 aromatic heterocycles. The highest BCUT2D eigenvalue weighted by Gasteiger charge is 2.17. The molecule has 0 aliphatic heterocycles. The number of hydrogen-bond donors (Lipinski definition) is 0. The van der Waals surface area contributed by atoms with Gasteiger partial charge in [0.15, 0.2) is 0 Å². The Kier molecular flexibility index (Phi) is 4.90. The third-order valence-corrected chi connectivity index (χ3v) is 2.67. The van der Waals surface area contributed by atoms with Gasteiger partial charge in [-0.15, -0.1) is 0 Å². The van der Waals surface area contributed by atoms with Crippen molar-refractivity contribution in [2.24, 2.45) is 0 Å². The van der Waals surface area contributed by atoms with Crippen molar-refractivity contribution in [3.8, 4) is 0 Å². The second-order valence-corrected chi connectivity index (χ2v) is 5.32. The van der Waals surface area contributed by atoms with E-state index in [1.54, 1.807) is 18.0 Å². The van der Waals surface area contributed by atoms with Crippen molar-refractivity contribution in [1.29, 1.82) is 0 Å². The van der Waals surface area contributed by atoms with Crippen LogP contribution < -0.4 is 0 Å². The van der Waals surface area contributed by atoms with Crippen LogP contribution in [0.1, 0.15) is 44.5 Å². The highest BCUT2D eigenvalue weighted by atomic mass is 16.5. The predicted molar refractivity (Wildman–Crippen MR) is 68.6 cm³/mol. The van der Waals surface area contributed by atoms with Gasteiger partial charge in [-0.05, 0) is 27.7 Å². The summed E-state index contributed by atoms with van der Waals surface area (Å²) in [6.07, 6.45) is 4.03. The van der Waals surface area contributed by atoms with Crippen molar-refractivity contribution in [3.05, 3.63) is 18.0 Å². The number of aromatic nitrogens is 2. The van der Waals surface area contributed by atoms with Crippen LogP contribution in [0.15, 0.2) is 12.4 Å². The molecule has 0 spiro atoms. The Bertz CT molecular complexity index is 393. The third kappa shape index (κ3) is 4.14. The molecule has 1 heterocycles. The molecule has 1 atom stereocenters. The fourth-order valence-electron chi connectivity index (χ4n) is 1.31. The van der Waals surface area contributed by atoms with Gasteiger partial charge in [-0.25, -0.2) is 4.79 Å². The van der Waals surface area contributed by atoms with E-state index in [9.17, 15) is 4.79 Å². The van der Waals surface area contributed by atoms with Gasteiger partial charge in [0.05, 0.1) is 30.0 Å². The number of carbonyl (C=O) groups excluding carboxylic acids is 1. The van der Waals surface area contributed by atoms with E-state index in [1.165, 1.54) is 6.20 Å². The van der Waals surface area contributed by atoms with Gasteiger partial charge in [-0.3, -0.25) is 4.68 Å². The molecule has 0 aliphatic carbocycles. The van der Waals surface area contributed by atoms with Gasteiger partial charge in [-0.1, -0.05) is 0 Å². The summed E-state index contributed by atoms with van der Waals surface area (Å²) >= 11 is 0. The lowest BCUT2D eigenvalue weighted by Gasteiger charge is -2.18. The third-order valence-electron chi connectivity index (χ3n) is 2.67. The largest absolute Gasteiger partial charge is 0.462 e. The Morgan fingerprint density at radius 2 is 2.17 bits per heavy atom. The van der Waals surface area contributed by atoms with Crippen LogP contribution in [0.4, 0.5) is 0 Å². The summed E-state index contributed by atoms with van der Waals surface area (Å²) < 4.78 is 12.0. The van der Waals surface area contributed by atoms with Gasteiger partial charge in [0.2, 0.25) is 0 Å².